The van der Waals surface area contributed by atoms with Gasteiger partial charge in [-0.15, -0.1) is 11.3 Å². The van der Waals surface area contributed by atoms with Crippen LogP contribution in [-0.4, -0.2) is 54.8 Å². The van der Waals surface area contributed by atoms with Gasteiger partial charge in [0.05, 0.1) is 38.4 Å². The van der Waals surface area contributed by atoms with Crippen LogP contribution in [0.4, 0.5) is 5.69 Å². The highest BCUT2D eigenvalue weighted by Crippen LogP contribution is 2.35. The molecule has 3 heterocycles. The molecule has 37 heavy (non-hydrogen) atoms. The van der Waals surface area contributed by atoms with E-state index in [2.05, 4.69) is 16.7 Å². The van der Waals surface area contributed by atoms with Gasteiger partial charge >= 0.3 is 0 Å². The molecule has 2 aliphatic rings. The van der Waals surface area contributed by atoms with Crippen molar-refractivity contribution in [3.05, 3.63) is 76.5 Å². The summed E-state index contributed by atoms with van der Waals surface area (Å²) >= 11 is 1.41. The third kappa shape index (κ3) is 5.91. The van der Waals surface area contributed by atoms with Gasteiger partial charge in [0.25, 0.3) is 0 Å². The van der Waals surface area contributed by atoms with E-state index in [9.17, 15) is 9.59 Å². The number of nitrogens with one attached hydrogen (secondary N) is 2. The SMILES string of the molecule is N#Cc1csc(CNC(=O)[C@@H]2CC3(CN2C(=O)CNc2ccc(Oc4ccccc4)cc2)OCCO3)c1. The number of carbonyl (C=O) groups excluding carboxylic acids is 2. The van der Waals surface area contributed by atoms with Crippen molar-refractivity contribution < 1.29 is 23.8 Å². The summed E-state index contributed by atoms with van der Waals surface area (Å²) in [4.78, 5) is 28.7. The molecule has 9 nitrogen and oxygen atoms in total. The maximum Gasteiger partial charge on any atom is 0.243 e. The molecule has 2 fully saturated rings. The molecular weight excluding hydrogens is 492 g/mol. The van der Waals surface area contributed by atoms with Crippen LogP contribution >= 0.6 is 11.3 Å². The Labute approximate surface area is 218 Å². The molecule has 2 aromatic carbocycles. The molecule has 1 spiro atoms. The third-order valence-corrected chi connectivity index (χ3v) is 7.16. The van der Waals surface area contributed by atoms with Gasteiger partial charge < -0.3 is 29.7 Å². The molecule has 2 saturated heterocycles. The summed E-state index contributed by atoms with van der Waals surface area (Å²) in [5.74, 6) is -0.0382. The molecule has 0 bridgehead atoms. The number of thiophene rings is 1. The zero-order valence-electron chi connectivity index (χ0n) is 20.0. The van der Waals surface area contributed by atoms with Crippen LogP contribution in [0.15, 0.2) is 66.0 Å². The minimum absolute atomic E-state index is 0.00913. The highest BCUT2D eigenvalue weighted by molar-refractivity contribution is 7.10. The summed E-state index contributed by atoms with van der Waals surface area (Å²) in [6.07, 6.45) is 0.268. The second-order valence-corrected chi connectivity index (χ2v) is 9.77. The number of likely N-dealkylation sites (tertiary alicyclic amines) is 1. The molecule has 0 saturated carbocycles. The second kappa shape index (κ2) is 11.0. The highest BCUT2D eigenvalue weighted by Gasteiger charge is 2.52. The van der Waals surface area contributed by atoms with Crippen molar-refractivity contribution in [2.75, 3.05) is 31.6 Å². The number of nitrogens with zero attached hydrogens (tertiary/aromatic N) is 2. The predicted molar refractivity (Wildman–Crippen MR) is 137 cm³/mol. The summed E-state index contributed by atoms with van der Waals surface area (Å²) in [7, 11) is 0. The van der Waals surface area contributed by atoms with Crippen LogP contribution in [0.25, 0.3) is 0 Å². The Balaban J connectivity index is 1.19. The quantitative estimate of drug-likeness (QED) is 0.469. The van der Waals surface area contributed by atoms with Crippen molar-refractivity contribution in [2.45, 2.75) is 24.8 Å². The number of carbonyl (C=O) groups is 2. The summed E-state index contributed by atoms with van der Waals surface area (Å²) < 4.78 is 17.4. The Hall–Kier alpha value is -3.91. The van der Waals surface area contributed by atoms with Gasteiger partial charge in [0, 0.05) is 22.4 Å². The van der Waals surface area contributed by atoms with Gasteiger partial charge in [-0.05, 0) is 42.5 Å². The van der Waals surface area contributed by atoms with Crippen molar-refractivity contribution in [3.8, 4) is 17.6 Å². The van der Waals surface area contributed by atoms with Crippen molar-refractivity contribution in [3.63, 3.8) is 0 Å². The lowest BCUT2D eigenvalue weighted by molar-refractivity contribution is -0.151. The zero-order chi connectivity index (χ0) is 25.7. The number of ether oxygens (including phenoxy) is 3. The van der Waals surface area contributed by atoms with Crippen LogP contribution in [0.1, 0.15) is 16.9 Å². The van der Waals surface area contributed by atoms with E-state index in [1.807, 2.05) is 54.6 Å². The molecule has 5 rings (SSSR count). The third-order valence-electron chi connectivity index (χ3n) is 6.23. The molecule has 0 unspecified atom stereocenters. The molecule has 1 aromatic heterocycles. The number of hydrogen-bond donors (Lipinski definition) is 2. The van der Waals surface area contributed by atoms with Crippen LogP contribution in [0.3, 0.4) is 0 Å². The second-order valence-electron chi connectivity index (χ2n) is 8.77. The fraction of sp³-hybridized carbons (Fsp3) is 0.296. The number of anilines is 1. The minimum Gasteiger partial charge on any atom is -0.457 e. The average molecular weight is 519 g/mol. The molecule has 2 aliphatic heterocycles. The Morgan fingerprint density at radius 2 is 1.84 bits per heavy atom. The summed E-state index contributed by atoms with van der Waals surface area (Å²) in [6, 6.07) is 19.9. The van der Waals surface area contributed by atoms with Crippen LogP contribution in [0.2, 0.25) is 0 Å². The maximum atomic E-state index is 13.2. The Kier molecular flexibility index (Phi) is 7.37. The molecule has 0 radical (unpaired) electrons. The zero-order valence-corrected chi connectivity index (χ0v) is 20.8. The minimum atomic E-state index is -0.953. The number of hydrogen-bond acceptors (Lipinski definition) is 8. The Morgan fingerprint density at radius 1 is 1.11 bits per heavy atom. The van der Waals surface area contributed by atoms with Crippen LogP contribution in [0.5, 0.6) is 11.5 Å². The van der Waals surface area contributed by atoms with E-state index in [4.69, 9.17) is 19.5 Å². The molecule has 3 aromatic rings. The molecule has 190 valence electrons. The van der Waals surface area contributed by atoms with E-state index in [0.29, 0.717) is 24.5 Å². The number of benzene rings is 2. The summed E-state index contributed by atoms with van der Waals surface area (Å²) in [6.45, 7) is 1.34. The van der Waals surface area contributed by atoms with Crippen LogP contribution in [0, 0.1) is 11.3 Å². The summed E-state index contributed by atoms with van der Waals surface area (Å²) in [5.41, 5.74) is 1.31. The van der Waals surface area contributed by atoms with Crippen LogP contribution in [-0.2, 0) is 25.6 Å². The molecule has 1 atom stereocenters. The van der Waals surface area contributed by atoms with E-state index in [1.54, 1.807) is 11.4 Å². The first kappa shape index (κ1) is 24.8. The fourth-order valence-corrected chi connectivity index (χ4v) is 5.16. The van der Waals surface area contributed by atoms with Gasteiger partial charge in [0.1, 0.15) is 23.6 Å². The first-order valence-electron chi connectivity index (χ1n) is 11.9. The Bertz CT molecular complexity index is 1280. The lowest BCUT2D eigenvalue weighted by Gasteiger charge is -2.24. The summed E-state index contributed by atoms with van der Waals surface area (Å²) in [5, 5.41) is 16.8. The average Bonchev–Trinajstić information content (AvgIpc) is 3.68. The van der Waals surface area contributed by atoms with E-state index in [1.165, 1.54) is 16.2 Å². The first-order chi connectivity index (χ1) is 18.0. The number of rotatable bonds is 8. The normalized spacial score (nSPS) is 17.9. The first-order valence-corrected chi connectivity index (χ1v) is 12.8. The Morgan fingerprint density at radius 3 is 2.54 bits per heavy atom. The standard InChI is InChI=1S/C27H26N4O5S/c28-14-19-12-23(37-17-19)15-30-26(33)24-13-27(34-10-11-35-27)18-31(24)25(32)16-29-20-6-8-22(9-7-20)36-21-4-2-1-3-5-21/h1-9,12,17,24,29H,10-11,13,15-16,18H2,(H,30,33)/t24-/m0/s1. The van der Waals surface area contributed by atoms with Gasteiger partial charge in [-0.2, -0.15) is 5.26 Å². The van der Waals surface area contributed by atoms with Gasteiger partial charge in [0.15, 0.2) is 5.79 Å². The van der Waals surface area contributed by atoms with Crippen molar-refractivity contribution in [2.24, 2.45) is 0 Å². The van der Waals surface area contributed by atoms with E-state index >= 15 is 0 Å². The van der Waals surface area contributed by atoms with E-state index in [0.717, 1.165) is 16.3 Å². The smallest absolute Gasteiger partial charge is 0.243 e. The van der Waals surface area contributed by atoms with Crippen LogP contribution < -0.4 is 15.4 Å². The van der Waals surface area contributed by atoms with Crippen molar-refractivity contribution >= 4 is 28.8 Å². The van der Waals surface area contributed by atoms with E-state index in [-0.39, 0.29) is 37.9 Å². The van der Waals surface area contributed by atoms with Crippen molar-refractivity contribution in [1.82, 2.24) is 10.2 Å². The van der Waals surface area contributed by atoms with Gasteiger partial charge in [0.2, 0.25) is 11.8 Å². The molecule has 0 aliphatic carbocycles. The maximum absolute atomic E-state index is 13.2. The molecule has 2 amide bonds. The van der Waals surface area contributed by atoms with Gasteiger partial charge in [-0.3, -0.25) is 9.59 Å². The van der Waals surface area contributed by atoms with E-state index < -0.39 is 11.8 Å². The largest absolute Gasteiger partial charge is 0.457 e. The topological polar surface area (TPSA) is 113 Å². The lowest BCUT2D eigenvalue weighted by Crippen LogP contribution is -2.47. The predicted octanol–water partition coefficient (Wildman–Crippen LogP) is 3.48. The highest BCUT2D eigenvalue weighted by atomic mass is 32.1. The number of para-hydroxylation sites is 1. The molecular formula is C27H26N4O5S. The van der Waals surface area contributed by atoms with Gasteiger partial charge in [-0.25, -0.2) is 0 Å². The monoisotopic (exact) mass is 518 g/mol. The fourth-order valence-electron chi connectivity index (χ4n) is 4.41. The lowest BCUT2D eigenvalue weighted by atomic mass is 10.1. The molecule has 2 N–H and O–H groups in total. The van der Waals surface area contributed by atoms with Gasteiger partial charge in [-0.1, -0.05) is 18.2 Å². The number of amides is 2. The number of nitriles is 1. The van der Waals surface area contributed by atoms with Crippen molar-refractivity contribution in [1.29, 1.82) is 5.26 Å². The molecule has 10 heteroatoms.